The third kappa shape index (κ3) is 3.60. The summed E-state index contributed by atoms with van der Waals surface area (Å²) in [5.41, 5.74) is 1.74. The monoisotopic (exact) mass is 346 g/mol. The van der Waals surface area contributed by atoms with Crippen LogP contribution in [0.25, 0.3) is 0 Å². The molecule has 2 aromatic rings. The third-order valence-corrected chi connectivity index (χ3v) is 6.36. The van der Waals surface area contributed by atoms with E-state index in [1.807, 2.05) is 38.1 Å². The molecule has 1 aromatic carbocycles. The number of aryl methyl sites for hydroxylation is 2. The lowest BCUT2D eigenvalue weighted by Crippen LogP contribution is -2.41. The fraction of sp³-hybridized carbons (Fsp3) is 0.389. The van der Waals surface area contributed by atoms with Crippen LogP contribution in [0.3, 0.4) is 0 Å². The van der Waals surface area contributed by atoms with E-state index in [1.165, 1.54) is 0 Å². The molecule has 1 saturated heterocycles. The minimum absolute atomic E-state index is 0.0393. The van der Waals surface area contributed by atoms with Crippen molar-refractivity contribution in [3.05, 3.63) is 53.9 Å². The number of hydrogen-bond acceptors (Lipinski definition) is 4. The van der Waals surface area contributed by atoms with E-state index in [9.17, 15) is 8.42 Å². The van der Waals surface area contributed by atoms with E-state index in [2.05, 4.69) is 4.98 Å². The predicted molar refractivity (Wildman–Crippen MR) is 92.6 cm³/mol. The standard InChI is InChI=1S/C18H22N2O3S/c1-14-3-4-15(2)18(13-14)24(21,22)20-11-7-17(8-12-20)23-16-5-9-19-10-6-16/h3-6,9-10,13,17H,7-8,11-12H2,1-2H3. The normalized spacial score (nSPS) is 16.9. The minimum Gasteiger partial charge on any atom is -0.490 e. The molecular formula is C18H22N2O3S. The predicted octanol–water partition coefficient (Wildman–Crippen LogP) is 2.93. The molecule has 1 aliphatic heterocycles. The maximum Gasteiger partial charge on any atom is 0.243 e. The summed E-state index contributed by atoms with van der Waals surface area (Å²) in [6, 6.07) is 9.19. The van der Waals surface area contributed by atoms with E-state index in [1.54, 1.807) is 22.8 Å². The van der Waals surface area contributed by atoms with Crippen molar-refractivity contribution in [2.45, 2.75) is 37.7 Å². The number of hydrogen-bond donors (Lipinski definition) is 0. The van der Waals surface area contributed by atoms with Gasteiger partial charge in [0, 0.05) is 25.5 Å². The summed E-state index contributed by atoms with van der Waals surface area (Å²) in [5.74, 6) is 0.779. The van der Waals surface area contributed by atoms with Gasteiger partial charge in [-0.15, -0.1) is 0 Å². The van der Waals surface area contributed by atoms with Gasteiger partial charge in [-0.3, -0.25) is 4.98 Å². The molecule has 128 valence electrons. The smallest absolute Gasteiger partial charge is 0.243 e. The minimum atomic E-state index is -3.44. The number of piperidine rings is 1. The fourth-order valence-electron chi connectivity index (χ4n) is 2.92. The number of pyridine rings is 1. The molecule has 0 amide bonds. The van der Waals surface area contributed by atoms with Crippen LogP contribution in [-0.4, -0.2) is 36.9 Å². The van der Waals surface area contributed by atoms with E-state index in [0.717, 1.165) is 16.9 Å². The Morgan fingerprint density at radius 2 is 1.75 bits per heavy atom. The quantitative estimate of drug-likeness (QED) is 0.854. The lowest BCUT2D eigenvalue weighted by molar-refractivity contribution is 0.135. The van der Waals surface area contributed by atoms with Gasteiger partial charge >= 0.3 is 0 Å². The summed E-state index contributed by atoms with van der Waals surface area (Å²) < 4.78 is 33.3. The SMILES string of the molecule is Cc1ccc(C)c(S(=O)(=O)N2CCC(Oc3ccncc3)CC2)c1. The van der Waals surface area contributed by atoms with Crippen molar-refractivity contribution in [2.24, 2.45) is 0 Å². The lowest BCUT2D eigenvalue weighted by Gasteiger charge is -2.31. The number of rotatable bonds is 4. The first kappa shape index (κ1) is 16.9. The van der Waals surface area contributed by atoms with Crippen LogP contribution in [0.5, 0.6) is 5.75 Å². The van der Waals surface area contributed by atoms with E-state index in [-0.39, 0.29) is 6.10 Å². The zero-order valence-electron chi connectivity index (χ0n) is 14.0. The molecule has 6 heteroatoms. The number of benzene rings is 1. The number of sulfonamides is 1. The Hall–Kier alpha value is -1.92. The van der Waals surface area contributed by atoms with Crippen LogP contribution >= 0.6 is 0 Å². The summed E-state index contributed by atoms with van der Waals surface area (Å²) in [5, 5.41) is 0. The van der Waals surface area contributed by atoms with Gasteiger partial charge in [0.05, 0.1) is 4.90 Å². The maximum atomic E-state index is 12.9. The lowest BCUT2D eigenvalue weighted by atomic mass is 10.1. The zero-order valence-corrected chi connectivity index (χ0v) is 14.8. The van der Waals surface area contributed by atoms with Gasteiger partial charge in [-0.1, -0.05) is 12.1 Å². The van der Waals surface area contributed by atoms with Gasteiger partial charge in [-0.25, -0.2) is 8.42 Å². The Kier molecular flexibility index (Phi) is 4.87. The molecule has 0 aliphatic carbocycles. The Morgan fingerprint density at radius 1 is 1.08 bits per heavy atom. The fourth-order valence-corrected chi connectivity index (χ4v) is 4.70. The number of nitrogens with zero attached hydrogens (tertiary/aromatic N) is 2. The van der Waals surface area contributed by atoms with Crippen molar-refractivity contribution in [1.29, 1.82) is 0 Å². The van der Waals surface area contributed by atoms with Crippen molar-refractivity contribution in [3.8, 4) is 5.75 Å². The first-order valence-electron chi connectivity index (χ1n) is 8.11. The highest BCUT2D eigenvalue weighted by Gasteiger charge is 2.31. The molecule has 3 rings (SSSR count). The maximum absolute atomic E-state index is 12.9. The molecule has 0 saturated carbocycles. The number of ether oxygens (including phenoxy) is 1. The molecule has 5 nitrogen and oxygen atoms in total. The molecule has 1 fully saturated rings. The summed E-state index contributed by atoms with van der Waals surface area (Å²) >= 11 is 0. The molecule has 0 radical (unpaired) electrons. The topological polar surface area (TPSA) is 59.5 Å². The van der Waals surface area contributed by atoms with Crippen LogP contribution in [-0.2, 0) is 10.0 Å². The van der Waals surface area contributed by atoms with E-state index in [0.29, 0.717) is 30.8 Å². The van der Waals surface area contributed by atoms with Crippen molar-refractivity contribution in [3.63, 3.8) is 0 Å². The molecule has 24 heavy (non-hydrogen) atoms. The highest BCUT2D eigenvalue weighted by atomic mass is 32.2. The average Bonchev–Trinajstić information content (AvgIpc) is 2.58. The summed E-state index contributed by atoms with van der Waals surface area (Å²) in [6.45, 7) is 4.70. The molecule has 1 aliphatic rings. The molecule has 0 spiro atoms. The van der Waals surface area contributed by atoms with Crippen LogP contribution in [0.15, 0.2) is 47.6 Å². The van der Waals surface area contributed by atoms with Crippen molar-refractivity contribution >= 4 is 10.0 Å². The third-order valence-electron chi connectivity index (χ3n) is 4.31. The van der Waals surface area contributed by atoms with Crippen LogP contribution < -0.4 is 4.74 Å². The van der Waals surface area contributed by atoms with Crippen LogP contribution in [0, 0.1) is 13.8 Å². The van der Waals surface area contributed by atoms with Gasteiger partial charge in [-0.05, 0) is 56.0 Å². The van der Waals surface area contributed by atoms with Gasteiger partial charge in [0.15, 0.2) is 0 Å². The van der Waals surface area contributed by atoms with E-state index >= 15 is 0 Å². The van der Waals surface area contributed by atoms with Gasteiger partial charge in [0.25, 0.3) is 0 Å². The second-order valence-corrected chi connectivity index (χ2v) is 8.08. The second-order valence-electron chi connectivity index (χ2n) is 6.17. The Morgan fingerprint density at radius 3 is 2.42 bits per heavy atom. The van der Waals surface area contributed by atoms with Crippen molar-refractivity contribution in [2.75, 3.05) is 13.1 Å². The Bertz CT molecular complexity index is 798. The Labute approximate surface area is 143 Å². The summed E-state index contributed by atoms with van der Waals surface area (Å²) in [6.07, 6.45) is 4.79. The Balaban J connectivity index is 1.68. The molecule has 1 aromatic heterocycles. The van der Waals surface area contributed by atoms with Crippen LogP contribution in [0.4, 0.5) is 0 Å². The van der Waals surface area contributed by atoms with Gasteiger partial charge in [0.2, 0.25) is 10.0 Å². The highest BCUT2D eigenvalue weighted by molar-refractivity contribution is 7.89. The second kappa shape index (κ2) is 6.91. The first-order chi connectivity index (χ1) is 11.5. The summed E-state index contributed by atoms with van der Waals surface area (Å²) in [4.78, 5) is 4.38. The average molecular weight is 346 g/mol. The summed E-state index contributed by atoms with van der Waals surface area (Å²) in [7, 11) is -3.44. The molecule has 0 N–H and O–H groups in total. The number of aromatic nitrogens is 1. The molecule has 2 heterocycles. The van der Waals surface area contributed by atoms with Gasteiger partial charge in [-0.2, -0.15) is 4.31 Å². The van der Waals surface area contributed by atoms with E-state index in [4.69, 9.17) is 4.74 Å². The molecule has 0 atom stereocenters. The van der Waals surface area contributed by atoms with Gasteiger partial charge < -0.3 is 4.74 Å². The van der Waals surface area contributed by atoms with Crippen molar-refractivity contribution < 1.29 is 13.2 Å². The largest absolute Gasteiger partial charge is 0.490 e. The molecule has 0 unspecified atom stereocenters. The molecular weight excluding hydrogens is 324 g/mol. The zero-order chi connectivity index (χ0) is 17.2. The van der Waals surface area contributed by atoms with E-state index < -0.39 is 10.0 Å². The van der Waals surface area contributed by atoms with Crippen LogP contribution in [0.2, 0.25) is 0 Å². The molecule has 0 bridgehead atoms. The van der Waals surface area contributed by atoms with Crippen molar-refractivity contribution in [1.82, 2.24) is 9.29 Å². The highest BCUT2D eigenvalue weighted by Crippen LogP contribution is 2.26. The van der Waals surface area contributed by atoms with Crippen LogP contribution in [0.1, 0.15) is 24.0 Å². The van der Waals surface area contributed by atoms with Gasteiger partial charge in [0.1, 0.15) is 11.9 Å². The first-order valence-corrected chi connectivity index (χ1v) is 9.55.